The lowest BCUT2D eigenvalue weighted by Gasteiger charge is -2.10. The van der Waals surface area contributed by atoms with Gasteiger partial charge in [-0.25, -0.2) is 14.4 Å². The first-order valence-electron chi connectivity index (χ1n) is 6.52. The first kappa shape index (κ1) is 14.9. The van der Waals surface area contributed by atoms with Gasteiger partial charge in [-0.2, -0.15) is 0 Å². The number of hydrogen-bond donors (Lipinski definition) is 1. The molecule has 5 heteroatoms. The fourth-order valence-corrected chi connectivity index (χ4v) is 2.47. The van der Waals surface area contributed by atoms with Gasteiger partial charge in [0.25, 0.3) is 0 Å². The van der Waals surface area contributed by atoms with Gasteiger partial charge in [0.1, 0.15) is 22.1 Å². The molecule has 2 aromatic rings. The van der Waals surface area contributed by atoms with Crippen molar-refractivity contribution in [3.05, 3.63) is 51.1 Å². The lowest BCUT2D eigenvalue weighted by molar-refractivity contribution is 0.608. The van der Waals surface area contributed by atoms with E-state index in [1.165, 1.54) is 0 Å². The molecule has 0 aliphatic rings. The summed E-state index contributed by atoms with van der Waals surface area (Å²) in [5.74, 6) is 1.42. The highest BCUT2D eigenvalue weighted by Crippen LogP contribution is 2.17. The average Bonchev–Trinajstić information content (AvgIpc) is 2.41. The number of hydrogen-bond acceptors (Lipinski definition) is 3. The van der Waals surface area contributed by atoms with Crippen LogP contribution in [0, 0.1) is 19.7 Å². The summed E-state index contributed by atoms with van der Waals surface area (Å²) in [6.45, 7) is 6.18. The number of aryl methyl sites for hydroxylation is 3. The van der Waals surface area contributed by atoms with Gasteiger partial charge in [0.2, 0.25) is 0 Å². The molecule has 3 nitrogen and oxygen atoms in total. The van der Waals surface area contributed by atoms with E-state index in [4.69, 9.17) is 0 Å². The van der Waals surface area contributed by atoms with Crippen LogP contribution in [0.5, 0.6) is 0 Å². The Balaban J connectivity index is 2.14. The molecule has 106 valence electrons. The Kier molecular flexibility index (Phi) is 4.70. The second-order valence-corrected chi connectivity index (χ2v) is 5.56. The van der Waals surface area contributed by atoms with Crippen LogP contribution in [0.25, 0.3) is 0 Å². The predicted molar refractivity (Wildman–Crippen MR) is 82.3 cm³/mol. The van der Waals surface area contributed by atoms with Crippen LogP contribution in [0.15, 0.2) is 22.8 Å². The Labute approximate surface area is 126 Å². The van der Waals surface area contributed by atoms with Crippen LogP contribution in [-0.2, 0) is 13.0 Å². The third-order valence-electron chi connectivity index (χ3n) is 3.03. The second-order valence-electron chi connectivity index (χ2n) is 4.74. The molecular weight excluding hydrogens is 321 g/mol. The topological polar surface area (TPSA) is 37.8 Å². The molecule has 2 rings (SSSR count). The Hall–Kier alpha value is -1.49. The van der Waals surface area contributed by atoms with Gasteiger partial charge in [-0.05, 0) is 46.5 Å². The van der Waals surface area contributed by atoms with E-state index in [9.17, 15) is 4.39 Å². The highest BCUT2D eigenvalue weighted by Gasteiger charge is 2.05. The Morgan fingerprint density at radius 1 is 1.15 bits per heavy atom. The standard InChI is InChI=1S/C15H17BrFN3/c1-4-13-19-12(16)7-14(20-13)18-8-11-5-9(2)15(17)10(3)6-11/h5-7H,4,8H2,1-3H3,(H,18,19,20). The molecule has 0 amide bonds. The number of benzene rings is 1. The van der Waals surface area contributed by atoms with Gasteiger partial charge >= 0.3 is 0 Å². The molecule has 0 unspecified atom stereocenters. The maximum Gasteiger partial charge on any atom is 0.131 e. The number of anilines is 1. The van der Waals surface area contributed by atoms with Crippen LogP contribution in [0.3, 0.4) is 0 Å². The van der Waals surface area contributed by atoms with Crippen molar-refractivity contribution in [1.29, 1.82) is 0 Å². The van der Waals surface area contributed by atoms with Gasteiger partial charge in [-0.15, -0.1) is 0 Å². The fourth-order valence-electron chi connectivity index (χ4n) is 2.04. The molecule has 0 fully saturated rings. The van der Waals surface area contributed by atoms with E-state index < -0.39 is 0 Å². The number of rotatable bonds is 4. The van der Waals surface area contributed by atoms with Crippen molar-refractivity contribution in [2.45, 2.75) is 33.7 Å². The van der Waals surface area contributed by atoms with Crippen LogP contribution in [-0.4, -0.2) is 9.97 Å². The smallest absolute Gasteiger partial charge is 0.131 e. The molecule has 20 heavy (non-hydrogen) atoms. The summed E-state index contributed by atoms with van der Waals surface area (Å²) in [5, 5.41) is 3.25. The van der Waals surface area contributed by atoms with Gasteiger partial charge in [-0.1, -0.05) is 19.1 Å². The van der Waals surface area contributed by atoms with E-state index >= 15 is 0 Å². The van der Waals surface area contributed by atoms with Crippen molar-refractivity contribution in [2.75, 3.05) is 5.32 Å². The lowest BCUT2D eigenvalue weighted by atomic mass is 10.1. The van der Waals surface area contributed by atoms with Crippen LogP contribution in [0.2, 0.25) is 0 Å². The van der Waals surface area contributed by atoms with Crippen LogP contribution in [0.4, 0.5) is 10.2 Å². The predicted octanol–water partition coefficient (Wildman–Crippen LogP) is 4.17. The molecular formula is C15H17BrFN3. The minimum atomic E-state index is -0.133. The summed E-state index contributed by atoms with van der Waals surface area (Å²) < 4.78 is 14.3. The van der Waals surface area contributed by atoms with Gasteiger partial charge in [0, 0.05) is 19.0 Å². The first-order chi connectivity index (χ1) is 9.49. The molecule has 0 radical (unpaired) electrons. The van der Waals surface area contributed by atoms with Crippen molar-refractivity contribution >= 4 is 21.7 Å². The van der Waals surface area contributed by atoms with Gasteiger partial charge in [-0.3, -0.25) is 0 Å². The number of nitrogens with zero attached hydrogens (tertiary/aromatic N) is 2. The van der Waals surface area contributed by atoms with E-state index in [1.807, 2.05) is 25.1 Å². The zero-order valence-corrected chi connectivity index (χ0v) is 13.4. The van der Waals surface area contributed by atoms with Crippen molar-refractivity contribution < 1.29 is 4.39 Å². The number of aromatic nitrogens is 2. The molecule has 1 N–H and O–H groups in total. The fraction of sp³-hybridized carbons (Fsp3) is 0.333. The van der Waals surface area contributed by atoms with E-state index in [0.717, 1.165) is 28.2 Å². The van der Waals surface area contributed by atoms with Gasteiger partial charge < -0.3 is 5.32 Å². The molecule has 0 aliphatic heterocycles. The van der Waals surface area contributed by atoms with Gasteiger partial charge in [0.05, 0.1) is 0 Å². The molecule has 0 atom stereocenters. The maximum atomic E-state index is 13.6. The SMILES string of the molecule is CCc1nc(Br)cc(NCc2cc(C)c(F)c(C)c2)n1. The summed E-state index contributed by atoms with van der Waals surface area (Å²) in [7, 11) is 0. The zero-order valence-electron chi connectivity index (χ0n) is 11.8. The summed E-state index contributed by atoms with van der Waals surface area (Å²) >= 11 is 3.37. The van der Waals surface area contributed by atoms with Crippen molar-refractivity contribution in [1.82, 2.24) is 9.97 Å². The second kappa shape index (κ2) is 6.31. The van der Waals surface area contributed by atoms with E-state index in [0.29, 0.717) is 17.7 Å². The summed E-state index contributed by atoms with van der Waals surface area (Å²) in [6, 6.07) is 5.54. The molecule has 0 saturated heterocycles. The molecule has 1 heterocycles. The minimum Gasteiger partial charge on any atom is -0.366 e. The summed E-state index contributed by atoms with van der Waals surface area (Å²) in [6.07, 6.45) is 0.781. The Bertz CT molecular complexity index is 606. The van der Waals surface area contributed by atoms with E-state index in [2.05, 4.69) is 31.2 Å². The molecule has 0 bridgehead atoms. The van der Waals surface area contributed by atoms with Crippen molar-refractivity contribution in [2.24, 2.45) is 0 Å². The monoisotopic (exact) mass is 337 g/mol. The number of nitrogens with one attached hydrogen (secondary N) is 1. The third kappa shape index (κ3) is 3.54. The van der Waals surface area contributed by atoms with Crippen LogP contribution < -0.4 is 5.32 Å². The Morgan fingerprint density at radius 3 is 2.40 bits per heavy atom. The molecule has 0 saturated carbocycles. The quantitative estimate of drug-likeness (QED) is 0.851. The third-order valence-corrected chi connectivity index (χ3v) is 3.43. The molecule has 1 aromatic carbocycles. The minimum absolute atomic E-state index is 0.133. The number of halogens is 2. The summed E-state index contributed by atoms with van der Waals surface area (Å²) in [5.41, 5.74) is 2.37. The Morgan fingerprint density at radius 2 is 1.80 bits per heavy atom. The van der Waals surface area contributed by atoms with Gasteiger partial charge in [0.15, 0.2) is 0 Å². The van der Waals surface area contributed by atoms with Crippen molar-refractivity contribution in [3.63, 3.8) is 0 Å². The van der Waals surface area contributed by atoms with Crippen molar-refractivity contribution in [3.8, 4) is 0 Å². The molecule has 1 aromatic heterocycles. The largest absolute Gasteiger partial charge is 0.366 e. The zero-order chi connectivity index (χ0) is 14.7. The van der Waals surface area contributed by atoms with Crippen LogP contribution >= 0.6 is 15.9 Å². The normalized spacial score (nSPS) is 10.7. The average molecular weight is 338 g/mol. The first-order valence-corrected chi connectivity index (χ1v) is 7.32. The molecule has 0 aliphatic carbocycles. The summed E-state index contributed by atoms with van der Waals surface area (Å²) in [4.78, 5) is 8.67. The molecule has 0 spiro atoms. The van der Waals surface area contributed by atoms with Crippen LogP contribution in [0.1, 0.15) is 29.4 Å². The maximum absolute atomic E-state index is 13.6. The highest BCUT2D eigenvalue weighted by molar-refractivity contribution is 9.10. The van der Waals surface area contributed by atoms with E-state index in [-0.39, 0.29) is 5.82 Å². The van der Waals surface area contributed by atoms with E-state index in [1.54, 1.807) is 13.8 Å². The highest BCUT2D eigenvalue weighted by atomic mass is 79.9. The lowest BCUT2D eigenvalue weighted by Crippen LogP contribution is -2.05.